The first-order valence-electron chi connectivity index (χ1n) is 6.29. The lowest BCUT2D eigenvalue weighted by Crippen LogP contribution is -2.02. The second kappa shape index (κ2) is 6.64. The zero-order valence-corrected chi connectivity index (χ0v) is 12.9. The van der Waals surface area contributed by atoms with E-state index in [1.165, 1.54) is 0 Å². The van der Waals surface area contributed by atoms with Crippen LogP contribution in [0.1, 0.15) is 10.4 Å². The standard InChI is InChI=1S/C16H11ClN2O2.ClH/c17-12-6-3-5-10-14(8-9-18-15(10)12)19-13-7-2-1-4-11(13)16(20)21;/h1-9H,(H,18,19)(H,20,21);1H. The van der Waals surface area contributed by atoms with Gasteiger partial charge in [0, 0.05) is 17.3 Å². The summed E-state index contributed by atoms with van der Waals surface area (Å²) in [6.45, 7) is 0. The summed E-state index contributed by atoms with van der Waals surface area (Å²) in [5.74, 6) is -0.977. The molecule has 3 rings (SSSR count). The van der Waals surface area contributed by atoms with Crippen molar-refractivity contribution in [1.29, 1.82) is 0 Å². The van der Waals surface area contributed by atoms with E-state index in [1.54, 1.807) is 42.6 Å². The number of carbonyl (C=O) groups is 1. The molecule has 112 valence electrons. The molecule has 2 N–H and O–H groups in total. The van der Waals surface area contributed by atoms with Crippen LogP contribution in [0.25, 0.3) is 10.9 Å². The van der Waals surface area contributed by atoms with Crippen LogP contribution >= 0.6 is 24.0 Å². The third-order valence-corrected chi connectivity index (χ3v) is 3.45. The molecular formula is C16H12Cl2N2O2. The van der Waals surface area contributed by atoms with E-state index in [1.807, 2.05) is 12.1 Å². The van der Waals surface area contributed by atoms with Gasteiger partial charge in [-0.15, -0.1) is 12.4 Å². The van der Waals surface area contributed by atoms with Crippen molar-refractivity contribution in [1.82, 2.24) is 4.98 Å². The van der Waals surface area contributed by atoms with E-state index in [-0.39, 0.29) is 18.0 Å². The maximum Gasteiger partial charge on any atom is 0.337 e. The number of nitrogens with zero attached hydrogens (tertiary/aromatic N) is 1. The molecule has 0 unspecified atom stereocenters. The number of nitrogens with one attached hydrogen (secondary N) is 1. The molecule has 1 aromatic heterocycles. The van der Waals surface area contributed by atoms with Crippen molar-refractivity contribution in [3.63, 3.8) is 0 Å². The highest BCUT2D eigenvalue weighted by atomic mass is 35.5. The Morgan fingerprint density at radius 1 is 1.05 bits per heavy atom. The van der Waals surface area contributed by atoms with E-state index in [0.29, 0.717) is 16.2 Å². The molecule has 0 spiro atoms. The molecule has 0 saturated carbocycles. The Bertz CT molecular complexity index is 837. The Hall–Kier alpha value is -2.30. The molecule has 0 aliphatic carbocycles. The molecular weight excluding hydrogens is 323 g/mol. The van der Waals surface area contributed by atoms with E-state index in [2.05, 4.69) is 10.3 Å². The molecule has 0 atom stereocenters. The predicted molar refractivity (Wildman–Crippen MR) is 90.7 cm³/mol. The Morgan fingerprint density at radius 3 is 2.59 bits per heavy atom. The van der Waals surface area contributed by atoms with E-state index in [9.17, 15) is 9.90 Å². The van der Waals surface area contributed by atoms with Crippen LogP contribution in [0, 0.1) is 0 Å². The summed E-state index contributed by atoms with van der Waals surface area (Å²) < 4.78 is 0. The van der Waals surface area contributed by atoms with Crippen LogP contribution in [-0.2, 0) is 0 Å². The van der Waals surface area contributed by atoms with Gasteiger partial charge in [0.25, 0.3) is 0 Å². The third-order valence-electron chi connectivity index (χ3n) is 3.15. The van der Waals surface area contributed by atoms with Crippen LogP contribution in [0.2, 0.25) is 5.02 Å². The zero-order valence-electron chi connectivity index (χ0n) is 11.3. The van der Waals surface area contributed by atoms with Crippen LogP contribution in [0.3, 0.4) is 0 Å². The van der Waals surface area contributed by atoms with Crippen LogP contribution in [0.4, 0.5) is 11.4 Å². The van der Waals surface area contributed by atoms with Crippen molar-refractivity contribution < 1.29 is 9.90 Å². The van der Waals surface area contributed by atoms with E-state index < -0.39 is 5.97 Å². The lowest BCUT2D eigenvalue weighted by Gasteiger charge is -2.12. The molecule has 22 heavy (non-hydrogen) atoms. The molecule has 0 radical (unpaired) electrons. The summed E-state index contributed by atoms with van der Waals surface area (Å²) >= 11 is 6.13. The molecule has 0 fully saturated rings. The highest BCUT2D eigenvalue weighted by molar-refractivity contribution is 6.35. The first-order valence-corrected chi connectivity index (χ1v) is 6.67. The lowest BCUT2D eigenvalue weighted by atomic mass is 10.1. The minimum absolute atomic E-state index is 0. The lowest BCUT2D eigenvalue weighted by molar-refractivity contribution is 0.0698. The van der Waals surface area contributed by atoms with E-state index in [0.717, 1.165) is 11.1 Å². The molecule has 6 heteroatoms. The van der Waals surface area contributed by atoms with Gasteiger partial charge < -0.3 is 10.4 Å². The van der Waals surface area contributed by atoms with Gasteiger partial charge in [-0.2, -0.15) is 0 Å². The zero-order chi connectivity index (χ0) is 14.8. The fraction of sp³-hybridized carbons (Fsp3) is 0. The van der Waals surface area contributed by atoms with Gasteiger partial charge in [-0.1, -0.05) is 35.9 Å². The maximum absolute atomic E-state index is 11.3. The molecule has 1 heterocycles. The Balaban J connectivity index is 0.00000176. The van der Waals surface area contributed by atoms with Crippen molar-refractivity contribution >= 4 is 52.3 Å². The number of fused-ring (bicyclic) bond motifs is 1. The number of aromatic nitrogens is 1. The molecule has 2 aromatic carbocycles. The van der Waals surface area contributed by atoms with E-state index in [4.69, 9.17) is 11.6 Å². The van der Waals surface area contributed by atoms with Crippen molar-refractivity contribution in [2.75, 3.05) is 5.32 Å². The third kappa shape index (κ3) is 2.98. The number of aromatic carboxylic acids is 1. The highest BCUT2D eigenvalue weighted by Gasteiger charge is 2.11. The minimum atomic E-state index is -0.977. The van der Waals surface area contributed by atoms with Gasteiger partial charge in [-0.3, -0.25) is 4.98 Å². The fourth-order valence-electron chi connectivity index (χ4n) is 2.17. The van der Waals surface area contributed by atoms with Crippen molar-refractivity contribution in [2.45, 2.75) is 0 Å². The van der Waals surface area contributed by atoms with E-state index >= 15 is 0 Å². The number of halogens is 2. The number of pyridine rings is 1. The molecule has 4 nitrogen and oxygen atoms in total. The van der Waals surface area contributed by atoms with Crippen LogP contribution in [-0.4, -0.2) is 16.1 Å². The van der Waals surface area contributed by atoms with Crippen LogP contribution < -0.4 is 5.32 Å². The smallest absolute Gasteiger partial charge is 0.337 e. The second-order valence-corrected chi connectivity index (χ2v) is 4.88. The summed E-state index contributed by atoms with van der Waals surface area (Å²) in [6, 6.07) is 14.0. The number of benzene rings is 2. The van der Waals surface area contributed by atoms with Crippen molar-refractivity contribution in [3.8, 4) is 0 Å². The monoisotopic (exact) mass is 334 g/mol. The summed E-state index contributed by atoms with van der Waals surface area (Å²) in [4.78, 5) is 15.5. The largest absolute Gasteiger partial charge is 0.478 e. The summed E-state index contributed by atoms with van der Waals surface area (Å²) in [6.07, 6.45) is 1.64. The number of para-hydroxylation sites is 2. The van der Waals surface area contributed by atoms with Gasteiger partial charge in [0.1, 0.15) is 0 Å². The number of carboxylic acids is 1. The first kappa shape index (κ1) is 16.1. The van der Waals surface area contributed by atoms with Gasteiger partial charge in [-0.25, -0.2) is 4.79 Å². The average Bonchev–Trinajstić information content (AvgIpc) is 2.49. The van der Waals surface area contributed by atoms with Crippen LogP contribution in [0.5, 0.6) is 0 Å². The number of anilines is 2. The number of carboxylic acid groups (broad SMARTS) is 1. The molecule has 0 bridgehead atoms. The number of hydrogen-bond donors (Lipinski definition) is 2. The normalized spacial score (nSPS) is 10.0. The second-order valence-electron chi connectivity index (χ2n) is 4.47. The quantitative estimate of drug-likeness (QED) is 0.725. The summed E-state index contributed by atoms with van der Waals surface area (Å²) in [7, 11) is 0. The van der Waals surface area contributed by atoms with Gasteiger partial charge in [0.05, 0.1) is 21.8 Å². The molecule has 0 aliphatic heterocycles. The van der Waals surface area contributed by atoms with Gasteiger partial charge in [0.2, 0.25) is 0 Å². The van der Waals surface area contributed by atoms with Gasteiger partial charge in [0.15, 0.2) is 0 Å². The van der Waals surface area contributed by atoms with Crippen molar-refractivity contribution in [2.24, 2.45) is 0 Å². The summed E-state index contributed by atoms with van der Waals surface area (Å²) in [5, 5.41) is 13.8. The predicted octanol–water partition coefficient (Wildman–Crippen LogP) is 4.75. The Morgan fingerprint density at radius 2 is 1.82 bits per heavy atom. The molecule has 3 aromatic rings. The molecule has 0 amide bonds. The summed E-state index contributed by atoms with van der Waals surface area (Å²) in [5.41, 5.74) is 2.18. The van der Waals surface area contributed by atoms with Crippen LogP contribution in [0.15, 0.2) is 54.7 Å². The minimum Gasteiger partial charge on any atom is -0.478 e. The molecule has 0 saturated heterocycles. The maximum atomic E-state index is 11.3. The molecule has 0 aliphatic rings. The van der Waals surface area contributed by atoms with Gasteiger partial charge >= 0.3 is 5.97 Å². The van der Waals surface area contributed by atoms with Gasteiger partial charge in [-0.05, 0) is 24.3 Å². The van der Waals surface area contributed by atoms with Crippen molar-refractivity contribution in [3.05, 3.63) is 65.3 Å². The Labute approximate surface area is 138 Å². The number of hydrogen-bond acceptors (Lipinski definition) is 3. The highest BCUT2D eigenvalue weighted by Crippen LogP contribution is 2.30. The average molecular weight is 335 g/mol. The fourth-order valence-corrected chi connectivity index (χ4v) is 2.40. The topological polar surface area (TPSA) is 62.2 Å². The number of rotatable bonds is 3. The SMILES string of the molecule is Cl.O=C(O)c1ccccc1Nc1ccnc2c(Cl)cccc12. The first-order chi connectivity index (χ1) is 10.2. The Kier molecular flexibility index (Phi) is 4.85.